The molecule has 0 aromatic carbocycles. The molecule has 0 radical (unpaired) electrons. The van der Waals surface area contributed by atoms with Crippen LogP contribution >= 0.6 is 11.6 Å². The Kier molecular flexibility index (Phi) is 1.29. The fraction of sp³-hybridized carbons (Fsp3) is 0.800. The van der Waals surface area contributed by atoms with Crippen LogP contribution in [-0.4, -0.2) is 10.8 Å². The summed E-state index contributed by atoms with van der Waals surface area (Å²) in [5.74, 6) is 0. The molecule has 0 aromatic heterocycles. The first-order valence-electron chi connectivity index (χ1n) is 2.64. The summed E-state index contributed by atoms with van der Waals surface area (Å²) in [5, 5.41) is -0.385. The Balaban J connectivity index is 2.53. The van der Waals surface area contributed by atoms with E-state index < -0.39 is 5.54 Å². The molecule has 0 heterocycles. The Morgan fingerprint density at radius 3 is 2.12 bits per heavy atom. The number of halogens is 1. The lowest BCUT2D eigenvalue weighted by molar-refractivity contribution is -0.118. The van der Waals surface area contributed by atoms with Gasteiger partial charge in [-0.2, -0.15) is 0 Å². The number of carbonyl (C=O) groups excluding carboxylic acids is 1. The molecular formula is C5H8ClNO. The molecule has 0 aliphatic heterocycles. The average Bonchev–Trinajstić information content (AvgIpc) is 1.60. The smallest absolute Gasteiger partial charge is 0.241 e. The molecule has 1 aliphatic carbocycles. The van der Waals surface area contributed by atoms with Gasteiger partial charge in [-0.05, 0) is 30.9 Å². The highest BCUT2D eigenvalue weighted by atomic mass is 35.5. The molecule has 0 amide bonds. The van der Waals surface area contributed by atoms with Gasteiger partial charge in [-0.15, -0.1) is 0 Å². The number of nitrogens with two attached hydrogens (primary N) is 1. The Morgan fingerprint density at radius 1 is 1.62 bits per heavy atom. The minimum absolute atomic E-state index is 0.385. The van der Waals surface area contributed by atoms with Gasteiger partial charge < -0.3 is 5.73 Å². The van der Waals surface area contributed by atoms with Crippen molar-refractivity contribution < 1.29 is 4.79 Å². The maximum absolute atomic E-state index is 10.4. The van der Waals surface area contributed by atoms with Crippen LogP contribution in [0, 0.1) is 0 Å². The Labute approximate surface area is 53.0 Å². The van der Waals surface area contributed by atoms with Crippen molar-refractivity contribution in [2.75, 3.05) is 0 Å². The van der Waals surface area contributed by atoms with E-state index in [1.807, 2.05) is 0 Å². The van der Waals surface area contributed by atoms with Gasteiger partial charge in [-0.1, -0.05) is 0 Å². The Bertz CT molecular complexity index is 120. The number of rotatable bonds is 1. The second-order valence-corrected chi connectivity index (χ2v) is 2.63. The highest BCUT2D eigenvalue weighted by molar-refractivity contribution is 6.65. The average molecular weight is 134 g/mol. The zero-order chi connectivity index (χ0) is 6.20. The molecule has 2 N–H and O–H groups in total. The van der Waals surface area contributed by atoms with E-state index in [-0.39, 0.29) is 5.24 Å². The lowest BCUT2D eigenvalue weighted by Crippen LogP contribution is -2.51. The molecule has 3 heteroatoms. The molecule has 1 aliphatic rings. The molecule has 0 unspecified atom stereocenters. The minimum atomic E-state index is -0.651. The topological polar surface area (TPSA) is 43.1 Å². The third-order valence-electron chi connectivity index (χ3n) is 1.64. The molecule has 1 rings (SSSR count). The first-order valence-corrected chi connectivity index (χ1v) is 3.02. The van der Waals surface area contributed by atoms with Crippen molar-refractivity contribution in [3.05, 3.63) is 0 Å². The number of carbonyl (C=O) groups is 1. The second-order valence-electron chi connectivity index (χ2n) is 2.28. The predicted molar refractivity (Wildman–Crippen MR) is 31.6 cm³/mol. The van der Waals surface area contributed by atoms with Crippen LogP contribution in [0.25, 0.3) is 0 Å². The van der Waals surface area contributed by atoms with Crippen LogP contribution in [0.4, 0.5) is 0 Å². The second kappa shape index (κ2) is 1.71. The summed E-state index contributed by atoms with van der Waals surface area (Å²) in [6.07, 6.45) is 2.56. The lowest BCUT2D eigenvalue weighted by Gasteiger charge is -2.33. The molecule has 2 nitrogen and oxygen atoms in total. The summed E-state index contributed by atoms with van der Waals surface area (Å²) >= 11 is 5.16. The maximum atomic E-state index is 10.4. The van der Waals surface area contributed by atoms with E-state index in [9.17, 15) is 4.79 Å². The van der Waals surface area contributed by atoms with Crippen LogP contribution in [0.3, 0.4) is 0 Å². The van der Waals surface area contributed by atoms with Crippen LogP contribution in [0.5, 0.6) is 0 Å². The van der Waals surface area contributed by atoms with E-state index in [0.717, 1.165) is 19.3 Å². The van der Waals surface area contributed by atoms with E-state index in [2.05, 4.69) is 0 Å². The van der Waals surface area contributed by atoms with E-state index in [1.54, 1.807) is 0 Å². The van der Waals surface area contributed by atoms with Gasteiger partial charge in [0.15, 0.2) is 0 Å². The fourth-order valence-corrected chi connectivity index (χ4v) is 0.943. The zero-order valence-electron chi connectivity index (χ0n) is 4.48. The van der Waals surface area contributed by atoms with Crippen molar-refractivity contribution in [3.63, 3.8) is 0 Å². The summed E-state index contributed by atoms with van der Waals surface area (Å²) in [5.41, 5.74) is 4.81. The van der Waals surface area contributed by atoms with Gasteiger partial charge in [0.1, 0.15) is 0 Å². The largest absolute Gasteiger partial charge is 0.318 e. The summed E-state index contributed by atoms with van der Waals surface area (Å²) in [4.78, 5) is 10.4. The van der Waals surface area contributed by atoms with Crippen molar-refractivity contribution >= 4 is 16.8 Å². The molecule has 0 bridgehead atoms. The van der Waals surface area contributed by atoms with Crippen LogP contribution in [0.2, 0.25) is 0 Å². The lowest BCUT2D eigenvalue weighted by atomic mass is 9.79. The van der Waals surface area contributed by atoms with Crippen molar-refractivity contribution in [1.82, 2.24) is 0 Å². The van der Waals surface area contributed by atoms with E-state index in [0.29, 0.717) is 0 Å². The van der Waals surface area contributed by atoms with Crippen molar-refractivity contribution in [2.45, 2.75) is 24.8 Å². The first-order chi connectivity index (χ1) is 3.65. The Hall–Kier alpha value is -0.0800. The van der Waals surface area contributed by atoms with Crippen LogP contribution < -0.4 is 5.73 Å². The highest BCUT2D eigenvalue weighted by Gasteiger charge is 2.38. The molecule has 8 heavy (non-hydrogen) atoms. The molecule has 46 valence electrons. The number of hydrogen-bond donors (Lipinski definition) is 1. The van der Waals surface area contributed by atoms with Crippen molar-refractivity contribution in [2.24, 2.45) is 5.73 Å². The van der Waals surface area contributed by atoms with E-state index in [4.69, 9.17) is 17.3 Å². The quantitative estimate of drug-likeness (QED) is 0.534. The van der Waals surface area contributed by atoms with Gasteiger partial charge in [0.05, 0.1) is 5.54 Å². The Morgan fingerprint density at radius 2 is 2.12 bits per heavy atom. The van der Waals surface area contributed by atoms with Crippen molar-refractivity contribution in [3.8, 4) is 0 Å². The fourth-order valence-electron chi connectivity index (χ4n) is 0.754. The third kappa shape index (κ3) is 0.740. The van der Waals surface area contributed by atoms with Gasteiger partial charge in [0.25, 0.3) is 0 Å². The van der Waals surface area contributed by atoms with E-state index in [1.165, 1.54) is 0 Å². The zero-order valence-corrected chi connectivity index (χ0v) is 5.24. The van der Waals surface area contributed by atoms with Crippen LogP contribution in [-0.2, 0) is 4.79 Å². The predicted octanol–water partition coefficient (Wildman–Crippen LogP) is 0.633. The monoisotopic (exact) mass is 133 g/mol. The van der Waals surface area contributed by atoms with Gasteiger partial charge in [-0.3, -0.25) is 4.79 Å². The summed E-state index contributed by atoms with van der Waals surface area (Å²) in [6.45, 7) is 0. The van der Waals surface area contributed by atoms with E-state index >= 15 is 0 Å². The molecule has 1 saturated carbocycles. The maximum Gasteiger partial charge on any atom is 0.241 e. The summed E-state index contributed by atoms with van der Waals surface area (Å²) < 4.78 is 0. The van der Waals surface area contributed by atoms with Gasteiger partial charge >= 0.3 is 0 Å². The third-order valence-corrected chi connectivity index (χ3v) is 2.01. The van der Waals surface area contributed by atoms with Gasteiger partial charge in [0, 0.05) is 0 Å². The normalized spacial score (nSPS) is 24.2. The highest BCUT2D eigenvalue weighted by Crippen LogP contribution is 2.30. The molecule has 0 spiro atoms. The molecule has 1 fully saturated rings. The SMILES string of the molecule is NC1(C(=O)Cl)CCC1. The number of hydrogen-bond acceptors (Lipinski definition) is 2. The molecular weight excluding hydrogens is 126 g/mol. The summed E-state index contributed by atoms with van der Waals surface area (Å²) in [6, 6.07) is 0. The minimum Gasteiger partial charge on any atom is -0.318 e. The molecule has 0 aromatic rings. The van der Waals surface area contributed by atoms with Crippen molar-refractivity contribution in [1.29, 1.82) is 0 Å². The standard InChI is InChI=1S/C5H8ClNO/c6-4(8)5(7)2-1-3-5/h1-3,7H2. The molecule has 0 saturated heterocycles. The van der Waals surface area contributed by atoms with Crippen LogP contribution in [0.15, 0.2) is 0 Å². The first kappa shape index (κ1) is 6.05. The molecule has 0 atom stereocenters. The summed E-state index contributed by atoms with van der Waals surface area (Å²) in [7, 11) is 0. The van der Waals surface area contributed by atoms with Gasteiger partial charge in [-0.25, -0.2) is 0 Å². The van der Waals surface area contributed by atoms with Crippen LogP contribution in [0.1, 0.15) is 19.3 Å². The van der Waals surface area contributed by atoms with Gasteiger partial charge in [0.2, 0.25) is 5.24 Å².